The van der Waals surface area contributed by atoms with E-state index in [2.05, 4.69) is 41.4 Å². The van der Waals surface area contributed by atoms with Gasteiger partial charge in [-0.15, -0.1) is 0 Å². The van der Waals surface area contributed by atoms with E-state index in [4.69, 9.17) is 0 Å². The number of nitrogens with one attached hydrogen (secondary N) is 1. The summed E-state index contributed by atoms with van der Waals surface area (Å²) in [6.45, 7) is 7.05. The van der Waals surface area contributed by atoms with Crippen molar-refractivity contribution >= 4 is 0 Å². The van der Waals surface area contributed by atoms with Gasteiger partial charge >= 0.3 is 0 Å². The highest BCUT2D eigenvalue weighted by atomic mass is 15.1. The Morgan fingerprint density at radius 2 is 2.10 bits per heavy atom. The van der Waals surface area contributed by atoms with Crippen LogP contribution in [0.3, 0.4) is 0 Å². The second kappa shape index (κ2) is 7.42. The van der Waals surface area contributed by atoms with Gasteiger partial charge in [-0.2, -0.15) is 0 Å². The average Bonchev–Trinajstić information content (AvgIpc) is 3.33. The first-order valence-corrected chi connectivity index (χ1v) is 8.89. The molecule has 2 fully saturated rings. The Bertz CT molecular complexity index is 433. The minimum Gasteiger partial charge on any atom is -0.313 e. The number of piperidine rings is 1. The molecule has 2 aliphatic rings. The molecule has 1 aromatic rings. The Morgan fingerprint density at radius 1 is 1.19 bits per heavy atom. The first-order chi connectivity index (χ1) is 10.3. The van der Waals surface area contributed by atoms with Crippen LogP contribution in [0.25, 0.3) is 0 Å². The highest BCUT2D eigenvalue weighted by molar-refractivity contribution is 5.29. The van der Waals surface area contributed by atoms with Crippen molar-refractivity contribution in [2.75, 3.05) is 19.6 Å². The monoisotopic (exact) mass is 286 g/mol. The Morgan fingerprint density at radius 3 is 2.81 bits per heavy atom. The van der Waals surface area contributed by atoms with Crippen molar-refractivity contribution in [3.63, 3.8) is 0 Å². The quantitative estimate of drug-likeness (QED) is 0.817. The Hall–Kier alpha value is -0.860. The van der Waals surface area contributed by atoms with Gasteiger partial charge in [0.2, 0.25) is 0 Å². The molecule has 1 aromatic carbocycles. The van der Waals surface area contributed by atoms with Crippen LogP contribution in [-0.2, 0) is 6.54 Å². The predicted molar refractivity (Wildman–Crippen MR) is 89.6 cm³/mol. The Balaban J connectivity index is 1.59. The molecule has 0 aromatic heterocycles. The van der Waals surface area contributed by atoms with E-state index in [1.54, 1.807) is 5.56 Å². The van der Waals surface area contributed by atoms with Gasteiger partial charge < -0.3 is 5.32 Å². The first kappa shape index (κ1) is 15.1. The Kier molecular flexibility index (Phi) is 5.32. The van der Waals surface area contributed by atoms with E-state index in [1.807, 2.05) is 0 Å². The van der Waals surface area contributed by atoms with Gasteiger partial charge in [-0.25, -0.2) is 0 Å². The molecule has 1 saturated heterocycles. The summed E-state index contributed by atoms with van der Waals surface area (Å²) >= 11 is 0. The maximum Gasteiger partial charge on any atom is 0.0234 e. The largest absolute Gasteiger partial charge is 0.313 e. The van der Waals surface area contributed by atoms with E-state index in [0.717, 1.165) is 12.5 Å². The van der Waals surface area contributed by atoms with E-state index in [1.165, 1.54) is 63.7 Å². The first-order valence-electron chi connectivity index (χ1n) is 8.89. The molecule has 1 heterocycles. The van der Waals surface area contributed by atoms with Gasteiger partial charge in [0.25, 0.3) is 0 Å². The summed E-state index contributed by atoms with van der Waals surface area (Å²) in [6.07, 6.45) is 8.14. The lowest BCUT2D eigenvalue weighted by Crippen LogP contribution is -2.43. The fraction of sp³-hybridized carbons (Fsp3) is 0.684. The summed E-state index contributed by atoms with van der Waals surface area (Å²) in [4.78, 5) is 2.65. The molecule has 2 nitrogen and oxygen atoms in total. The fourth-order valence-corrected chi connectivity index (χ4v) is 3.56. The second-order valence-corrected chi connectivity index (χ2v) is 6.90. The van der Waals surface area contributed by atoms with E-state index in [-0.39, 0.29) is 0 Å². The molecule has 21 heavy (non-hydrogen) atoms. The molecule has 1 unspecified atom stereocenters. The highest BCUT2D eigenvalue weighted by Crippen LogP contribution is 2.40. The van der Waals surface area contributed by atoms with Crippen LogP contribution in [0.5, 0.6) is 0 Å². The van der Waals surface area contributed by atoms with Crippen LogP contribution in [-0.4, -0.2) is 30.6 Å². The van der Waals surface area contributed by atoms with Gasteiger partial charge in [0.1, 0.15) is 0 Å². The molecule has 1 N–H and O–H groups in total. The Labute approximate surface area is 129 Å². The SMILES string of the molecule is CCCN(Cc1cccc(C2CC2)c1)CC1CCCCN1. The molecule has 0 radical (unpaired) electrons. The minimum absolute atomic E-state index is 0.705. The van der Waals surface area contributed by atoms with Crippen molar-refractivity contribution in [3.8, 4) is 0 Å². The molecular formula is C19H30N2. The molecule has 0 bridgehead atoms. The van der Waals surface area contributed by atoms with Crippen molar-refractivity contribution in [3.05, 3.63) is 35.4 Å². The maximum atomic E-state index is 3.69. The molecule has 116 valence electrons. The summed E-state index contributed by atoms with van der Waals surface area (Å²) in [5.41, 5.74) is 3.07. The third kappa shape index (κ3) is 4.55. The smallest absolute Gasteiger partial charge is 0.0234 e. The van der Waals surface area contributed by atoms with Crippen LogP contribution in [0.4, 0.5) is 0 Å². The topological polar surface area (TPSA) is 15.3 Å². The van der Waals surface area contributed by atoms with E-state index < -0.39 is 0 Å². The predicted octanol–water partition coefficient (Wildman–Crippen LogP) is 3.92. The molecule has 0 amide bonds. The molecule has 0 spiro atoms. The van der Waals surface area contributed by atoms with Crippen molar-refractivity contribution in [2.45, 2.75) is 64.0 Å². The van der Waals surface area contributed by atoms with Crippen LogP contribution in [0, 0.1) is 0 Å². The average molecular weight is 286 g/mol. The van der Waals surface area contributed by atoms with Gasteiger partial charge in [-0.05, 0) is 62.2 Å². The minimum atomic E-state index is 0.705. The third-order valence-electron chi connectivity index (χ3n) is 4.84. The zero-order chi connectivity index (χ0) is 14.5. The zero-order valence-electron chi connectivity index (χ0n) is 13.5. The molecular weight excluding hydrogens is 256 g/mol. The molecule has 3 rings (SSSR count). The van der Waals surface area contributed by atoms with Crippen molar-refractivity contribution < 1.29 is 0 Å². The number of hydrogen-bond acceptors (Lipinski definition) is 2. The summed E-state index contributed by atoms with van der Waals surface area (Å²) < 4.78 is 0. The van der Waals surface area contributed by atoms with Crippen molar-refractivity contribution in [1.29, 1.82) is 0 Å². The number of rotatable bonds is 7. The molecule has 1 aliphatic carbocycles. The van der Waals surface area contributed by atoms with Crippen molar-refractivity contribution in [2.24, 2.45) is 0 Å². The number of hydrogen-bond donors (Lipinski definition) is 1. The standard InChI is InChI=1S/C19H30N2/c1-2-12-21(15-19-8-3-4-11-20-19)14-16-6-5-7-18(13-16)17-9-10-17/h5-7,13,17,19-20H,2-4,8-12,14-15H2,1H3. The van der Waals surface area contributed by atoms with Crippen LogP contribution in [0.15, 0.2) is 24.3 Å². The number of nitrogens with zero attached hydrogens (tertiary/aromatic N) is 1. The third-order valence-corrected chi connectivity index (χ3v) is 4.84. The van der Waals surface area contributed by atoms with Gasteiger partial charge in [-0.3, -0.25) is 4.90 Å². The van der Waals surface area contributed by atoms with E-state index >= 15 is 0 Å². The normalized spacial score (nSPS) is 22.7. The van der Waals surface area contributed by atoms with Gasteiger partial charge in [0.15, 0.2) is 0 Å². The van der Waals surface area contributed by atoms with Gasteiger partial charge in [0.05, 0.1) is 0 Å². The molecule has 2 heteroatoms. The van der Waals surface area contributed by atoms with Crippen LogP contribution >= 0.6 is 0 Å². The second-order valence-electron chi connectivity index (χ2n) is 6.90. The fourth-order valence-electron chi connectivity index (χ4n) is 3.56. The zero-order valence-corrected chi connectivity index (χ0v) is 13.5. The highest BCUT2D eigenvalue weighted by Gasteiger charge is 2.23. The molecule has 1 aliphatic heterocycles. The van der Waals surface area contributed by atoms with E-state index in [0.29, 0.717) is 6.04 Å². The lowest BCUT2D eigenvalue weighted by atomic mass is 10.0. The van der Waals surface area contributed by atoms with Crippen LogP contribution in [0.2, 0.25) is 0 Å². The summed E-state index contributed by atoms with van der Waals surface area (Å²) in [5, 5.41) is 3.69. The van der Waals surface area contributed by atoms with Crippen molar-refractivity contribution in [1.82, 2.24) is 10.2 Å². The summed E-state index contributed by atoms with van der Waals surface area (Å²) in [7, 11) is 0. The molecule has 1 saturated carbocycles. The van der Waals surface area contributed by atoms with Gasteiger partial charge in [0, 0.05) is 19.1 Å². The lowest BCUT2D eigenvalue weighted by molar-refractivity contribution is 0.217. The lowest BCUT2D eigenvalue weighted by Gasteiger charge is -2.30. The molecule has 1 atom stereocenters. The van der Waals surface area contributed by atoms with Crippen LogP contribution < -0.4 is 5.32 Å². The van der Waals surface area contributed by atoms with E-state index in [9.17, 15) is 0 Å². The summed E-state index contributed by atoms with van der Waals surface area (Å²) in [5.74, 6) is 0.865. The summed E-state index contributed by atoms with van der Waals surface area (Å²) in [6, 6.07) is 10.0. The van der Waals surface area contributed by atoms with Crippen LogP contribution in [0.1, 0.15) is 62.5 Å². The maximum absolute atomic E-state index is 3.69. The number of benzene rings is 1. The van der Waals surface area contributed by atoms with Gasteiger partial charge in [-0.1, -0.05) is 37.6 Å².